The lowest BCUT2D eigenvalue weighted by molar-refractivity contribution is 0.137. The van der Waals surface area contributed by atoms with Crippen LogP contribution in [0.25, 0.3) is 11.3 Å². The number of primary amides is 1. The van der Waals surface area contributed by atoms with Crippen LogP contribution in [0.5, 0.6) is 0 Å². The van der Waals surface area contributed by atoms with E-state index in [1.807, 2.05) is 0 Å². The van der Waals surface area contributed by atoms with Crippen LogP contribution in [0, 0.1) is 11.6 Å². The van der Waals surface area contributed by atoms with Gasteiger partial charge in [-0.3, -0.25) is 0 Å². The van der Waals surface area contributed by atoms with E-state index in [4.69, 9.17) is 10.3 Å². The van der Waals surface area contributed by atoms with Crippen LogP contribution in [-0.4, -0.2) is 11.2 Å². The van der Waals surface area contributed by atoms with Crippen LogP contribution >= 0.6 is 0 Å². The second-order valence-electron chi connectivity index (χ2n) is 5.43. The van der Waals surface area contributed by atoms with Gasteiger partial charge in [0.05, 0.1) is 0 Å². The molecule has 6 nitrogen and oxygen atoms in total. The minimum atomic E-state index is -0.895. The van der Waals surface area contributed by atoms with E-state index in [2.05, 4.69) is 15.2 Å². The van der Waals surface area contributed by atoms with Gasteiger partial charge in [0.25, 0.3) is 0 Å². The molecule has 0 bridgehead atoms. The molecule has 0 unspecified atom stereocenters. The number of ether oxygens (including phenoxy) is 1. The third kappa shape index (κ3) is 4.15. The van der Waals surface area contributed by atoms with E-state index in [0.29, 0.717) is 11.5 Å². The summed E-state index contributed by atoms with van der Waals surface area (Å²) in [6.45, 7) is 0.0582. The normalized spacial score (nSPS) is 10.5. The van der Waals surface area contributed by atoms with Gasteiger partial charge in [-0.15, -0.1) is 0 Å². The highest BCUT2D eigenvalue weighted by atomic mass is 19.2. The standard InChI is InChI=1S/C18H15F2N3O3/c19-15-3-1-2-12(17(15)20)9-22-13-6-4-11(5-7-13)16-8-14(26-23-16)10-25-18(21)24/h1-8,22H,9-10H2,(H2,21,24). The minimum absolute atomic E-state index is 0.0961. The van der Waals surface area contributed by atoms with Gasteiger partial charge < -0.3 is 20.3 Å². The predicted molar refractivity (Wildman–Crippen MR) is 90.0 cm³/mol. The van der Waals surface area contributed by atoms with Crippen LogP contribution in [-0.2, 0) is 17.9 Å². The van der Waals surface area contributed by atoms with Gasteiger partial charge in [0.1, 0.15) is 5.69 Å². The molecule has 26 heavy (non-hydrogen) atoms. The maximum Gasteiger partial charge on any atom is 0.404 e. The smallest absolute Gasteiger partial charge is 0.404 e. The zero-order valence-electron chi connectivity index (χ0n) is 13.5. The maximum atomic E-state index is 13.6. The average molecular weight is 359 g/mol. The fraction of sp³-hybridized carbons (Fsp3) is 0.111. The zero-order chi connectivity index (χ0) is 18.5. The number of halogens is 2. The summed E-state index contributed by atoms with van der Waals surface area (Å²) in [7, 11) is 0. The Kier molecular flexibility index (Phi) is 5.12. The summed E-state index contributed by atoms with van der Waals surface area (Å²) in [4.78, 5) is 10.6. The Hall–Kier alpha value is -3.42. The molecule has 0 atom stereocenters. The van der Waals surface area contributed by atoms with Gasteiger partial charge in [-0.1, -0.05) is 29.4 Å². The molecule has 1 heterocycles. The van der Waals surface area contributed by atoms with E-state index >= 15 is 0 Å². The molecule has 0 aliphatic heterocycles. The highest BCUT2D eigenvalue weighted by Crippen LogP contribution is 2.22. The van der Waals surface area contributed by atoms with Gasteiger partial charge >= 0.3 is 6.09 Å². The fourth-order valence-corrected chi connectivity index (χ4v) is 2.30. The van der Waals surface area contributed by atoms with E-state index in [0.717, 1.165) is 17.3 Å². The molecule has 2 aromatic carbocycles. The van der Waals surface area contributed by atoms with Crippen molar-refractivity contribution in [1.29, 1.82) is 0 Å². The molecule has 1 aromatic heterocycles. The number of carbonyl (C=O) groups excluding carboxylic acids is 1. The van der Waals surface area contributed by atoms with Crippen LogP contribution in [0.2, 0.25) is 0 Å². The molecule has 0 radical (unpaired) electrons. The number of aromatic nitrogens is 1. The molecular weight excluding hydrogens is 344 g/mol. The van der Waals surface area contributed by atoms with Gasteiger partial charge in [0, 0.05) is 29.4 Å². The molecule has 0 aliphatic rings. The molecule has 1 amide bonds. The first-order chi connectivity index (χ1) is 12.5. The van der Waals surface area contributed by atoms with Crippen molar-refractivity contribution in [1.82, 2.24) is 5.16 Å². The van der Waals surface area contributed by atoms with Gasteiger partial charge in [-0.2, -0.15) is 0 Å². The van der Waals surface area contributed by atoms with Crippen molar-refractivity contribution in [3.8, 4) is 11.3 Å². The zero-order valence-corrected chi connectivity index (χ0v) is 13.5. The predicted octanol–water partition coefficient (Wildman–Crippen LogP) is 3.83. The average Bonchev–Trinajstić information content (AvgIpc) is 3.11. The molecule has 8 heteroatoms. The summed E-state index contributed by atoms with van der Waals surface area (Å²) in [5.41, 5.74) is 7.21. The summed E-state index contributed by atoms with van der Waals surface area (Å²) in [6.07, 6.45) is -0.895. The SMILES string of the molecule is NC(=O)OCc1cc(-c2ccc(NCc3cccc(F)c3F)cc2)no1. The number of hydrogen-bond donors (Lipinski definition) is 2. The summed E-state index contributed by atoms with van der Waals surface area (Å²) in [5, 5.41) is 6.91. The van der Waals surface area contributed by atoms with Crippen LogP contribution in [0.15, 0.2) is 53.1 Å². The van der Waals surface area contributed by atoms with Crippen LogP contribution in [0.3, 0.4) is 0 Å². The number of carbonyl (C=O) groups is 1. The van der Waals surface area contributed by atoms with Crippen LogP contribution < -0.4 is 11.1 Å². The molecule has 3 N–H and O–H groups in total. The van der Waals surface area contributed by atoms with Crippen molar-refractivity contribution >= 4 is 11.8 Å². The van der Waals surface area contributed by atoms with Crippen molar-refractivity contribution in [2.24, 2.45) is 5.73 Å². The maximum absolute atomic E-state index is 13.6. The number of benzene rings is 2. The van der Waals surface area contributed by atoms with E-state index in [9.17, 15) is 13.6 Å². The Morgan fingerprint density at radius 2 is 1.96 bits per heavy atom. The van der Waals surface area contributed by atoms with E-state index < -0.39 is 17.7 Å². The monoisotopic (exact) mass is 359 g/mol. The third-order valence-corrected chi connectivity index (χ3v) is 3.61. The highest BCUT2D eigenvalue weighted by Gasteiger charge is 2.09. The van der Waals surface area contributed by atoms with Gasteiger partial charge in [0.15, 0.2) is 24.0 Å². The second kappa shape index (κ2) is 7.64. The first-order valence-corrected chi connectivity index (χ1v) is 7.68. The topological polar surface area (TPSA) is 90.4 Å². The molecule has 0 saturated heterocycles. The summed E-state index contributed by atoms with van der Waals surface area (Å²) < 4.78 is 36.5. The van der Waals surface area contributed by atoms with Gasteiger partial charge in [0.2, 0.25) is 0 Å². The lowest BCUT2D eigenvalue weighted by atomic mass is 10.1. The van der Waals surface area contributed by atoms with Crippen molar-refractivity contribution < 1.29 is 22.8 Å². The second-order valence-corrected chi connectivity index (χ2v) is 5.43. The summed E-state index contributed by atoms with van der Waals surface area (Å²) in [5.74, 6) is -1.37. The van der Waals surface area contributed by atoms with Crippen molar-refractivity contribution in [3.63, 3.8) is 0 Å². The van der Waals surface area contributed by atoms with E-state index in [1.54, 1.807) is 30.3 Å². The number of nitrogens with zero attached hydrogens (tertiary/aromatic N) is 1. The lowest BCUT2D eigenvalue weighted by Crippen LogP contribution is -2.12. The number of anilines is 1. The molecule has 3 rings (SSSR count). The Labute approximate surface area is 147 Å². The molecule has 0 saturated carbocycles. The number of nitrogens with one attached hydrogen (secondary N) is 1. The quantitative estimate of drug-likeness (QED) is 0.698. The number of amides is 1. The van der Waals surface area contributed by atoms with Crippen molar-refractivity contribution in [3.05, 3.63) is 71.5 Å². The van der Waals surface area contributed by atoms with Crippen LogP contribution in [0.1, 0.15) is 11.3 Å². The largest absolute Gasteiger partial charge is 0.441 e. The molecular formula is C18H15F2N3O3. The third-order valence-electron chi connectivity index (χ3n) is 3.61. The Balaban J connectivity index is 1.63. The first kappa shape index (κ1) is 17.4. The number of hydrogen-bond acceptors (Lipinski definition) is 5. The van der Waals surface area contributed by atoms with Crippen molar-refractivity contribution in [2.45, 2.75) is 13.2 Å². The fourth-order valence-electron chi connectivity index (χ4n) is 2.30. The Morgan fingerprint density at radius 3 is 2.69 bits per heavy atom. The van der Waals surface area contributed by atoms with Gasteiger partial charge in [-0.25, -0.2) is 13.6 Å². The number of rotatable bonds is 6. The summed E-state index contributed by atoms with van der Waals surface area (Å²) >= 11 is 0. The molecule has 3 aromatic rings. The Bertz CT molecular complexity index is 910. The molecule has 0 spiro atoms. The Morgan fingerprint density at radius 1 is 1.19 bits per heavy atom. The van der Waals surface area contributed by atoms with Crippen molar-refractivity contribution in [2.75, 3.05) is 5.32 Å². The minimum Gasteiger partial charge on any atom is -0.441 e. The van der Waals surface area contributed by atoms with E-state index in [-0.39, 0.29) is 18.7 Å². The lowest BCUT2D eigenvalue weighted by Gasteiger charge is -2.08. The molecule has 134 valence electrons. The highest BCUT2D eigenvalue weighted by molar-refractivity contribution is 5.65. The first-order valence-electron chi connectivity index (χ1n) is 7.68. The van der Waals surface area contributed by atoms with Crippen LogP contribution in [0.4, 0.5) is 19.3 Å². The van der Waals surface area contributed by atoms with Gasteiger partial charge in [-0.05, 0) is 18.2 Å². The number of nitrogens with two attached hydrogens (primary N) is 1. The summed E-state index contributed by atoms with van der Waals surface area (Å²) in [6, 6.07) is 12.8. The van der Waals surface area contributed by atoms with E-state index in [1.165, 1.54) is 12.1 Å². The molecule has 0 fully saturated rings. The molecule has 0 aliphatic carbocycles.